The first-order valence-electron chi connectivity index (χ1n) is 8.29. The zero-order chi connectivity index (χ0) is 18.0. The van der Waals surface area contributed by atoms with E-state index in [-0.39, 0.29) is 18.4 Å². The molecule has 1 atom stereocenters. The number of benzene rings is 1. The summed E-state index contributed by atoms with van der Waals surface area (Å²) in [5.74, 6) is -0.445. The molecule has 0 saturated carbocycles. The van der Waals surface area contributed by atoms with Crippen LogP contribution in [0.2, 0.25) is 0 Å². The molecule has 2 aromatic rings. The molecule has 5 nitrogen and oxygen atoms in total. The van der Waals surface area contributed by atoms with Gasteiger partial charge in [0.15, 0.2) is 0 Å². The largest absolute Gasteiger partial charge is 0.326 e. The average molecular weight is 379 g/mol. The predicted molar refractivity (Wildman–Crippen MR) is 100 cm³/mol. The van der Waals surface area contributed by atoms with Gasteiger partial charge in [-0.25, -0.2) is 8.42 Å². The monoisotopic (exact) mass is 378 g/mol. The van der Waals surface area contributed by atoms with Gasteiger partial charge >= 0.3 is 0 Å². The summed E-state index contributed by atoms with van der Waals surface area (Å²) in [6, 6.07) is 9.13. The molecule has 0 unspecified atom stereocenters. The van der Waals surface area contributed by atoms with Crippen molar-refractivity contribution in [3.05, 3.63) is 46.8 Å². The fourth-order valence-corrected chi connectivity index (χ4v) is 5.64. The second-order valence-electron chi connectivity index (χ2n) is 6.42. The molecular formula is C18H22N2O3S2. The van der Waals surface area contributed by atoms with E-state index in [1.54, 1.807) is 17.5 Å². The molecule has 3 rings (SSSR count). The van der Waals surface area contributed by atoms with Crippen molar-refractivity contribution in [2.24, 2.45) is 5.92 Å². The molecular weight excluding hydrogens is 356 g/mol. The third-order valence-electron chi connectivity index (χ3n) is 4.62. The fraction of sp³-hybridized carbons (Fsp3) is 0.389. The molecule has 1 amide bonds. The smallest absolute Gasteiger partial charge is 0.252 e. The highest BCUT2D eigenvalue weighted by Crippen LogP contribution is 2.27. The molecule has 1 fully saturated rings. The summed E-state index contributed by atoms with van der Waals surface area (Å²) in [6.45, 7) is 4.72. The van der Waals surface area contributed by atoms with Crippen molar-refractivity contribution in [2.75, 3.05) is 18.4 Å². The van der Waals surface area contributed by atoms with Crippen LogP contribution in [0, 0.1) is 19.8 Å². The summed E-state index contributed by atoms with van der Waals surface area (Å²) in [5.41, 5.74) is 3.04. The molecule has 0 aliphatic carbocycles. The lowest BCUT2D eigenvalue weighted by molar-refractivity contribution is -0.120. The van der Waals surface area contributed by atoms with Crippen LogP contribution in [-0.4, -0.2) is 31.7 Å². The van der Waals surface area contributed by atoms with Gasteiger partial charge in [0, 0.05) is 18.8 Å². The van der Waals surface area contributed by atoms with E-state index in [9.17, 15) is 13.2 Å². The van der Waals surface area contributed by atoms with E-state index >= 15 is 0 Å². The van der Waals surface area contributed by atoms with Crippen LogP contribution in [0.3, 0.4) is 0 Å². The van der Waals surface area contributed by atoms with E-state index in [0.717, 1.165) is 11.3 Å². The van der Waals surface area contributed by atoms with Crippen LogP contribution in [0.15, 0.2) is 39.9 Å². The Bertz CT molecular complexity index is 860. The maximum atomic E-state index is 12.7. The van der Waals surface area contributed by atoms with E-state index in [1.165, 1.54) is 21.2 Å². The molecule has 0 bridgehead atoms. The minimum atomic E-state index is -3.50. The van der Waals surface area contributed by atoms with Crippen molar-refractivity contribution < 1.29 is 13.2 Å². The molecule has 1 saturated heterocycles. The van der Waals surface area contributed by atoms with Crippen LogP contribution < -0.4 is 5.32 Å². The standard InChI is InChI=1S/C18H22N2O3S2/c1-13-7-8-16(11-14(13)2)19-18(21)15-5-3-9-20(12-15)25(22,23)17-6-4-10-24-17/h4,6-8,10-11,15H,3,5,9,12H2,1-2H3,(H,19,21)/t15-/m1/s1. The minimum Gasteiger partial charge on any atom is -0.326 e. The predicted octanol–water partition coefficient (Wildman–Crippen LogP) is 3.40. The molecule has 1 aliphatic rings. The molecule has 7 heteroatoms. The van der Waals surface area contributed by atoms with Gasteiger partial charge in [-0.05, 0) is 61.4 Å². The molecule has 1 aliphatic heterocycles. The number of nitrogens with one attached hydrogen (secondary N) is 1. The molecule has 1 N–H and O–H groups in total. The van der Waals surface area contributed by atoms with Gasteiger partial charge in [0.1, 0.15) is 4.21 Å². The quantitative estimate of drug-likeness (QED) is 0.887. The van der Waals surface area contributed by atoms with Crippen molar-refractivity contribution in [2.45, 2.75) is 30.9 Å². The van der Waals surface area contributed by atoms with Gasteiger partial charge in [0.2, 0.25) is 5.91 Å². The number of hydrogen-bond acceptors (Lipinski definition) is 4. The number of carbonyl (C=O) groups is 1. The second kappa shape index (κ2) is 7.27. The van der Waals surface area contributed by atoms with Crippen molar-refractivity contribution in [1.29, 1.82) is 0 Å². The Kier molecular flexibility index (Phi) is 5.27. The zero-order valence-electron chi connectivity index (χ0n) is 14.4. The van der Waals surface area contributed by atoms with Gasteiger partial charge in [-0.1, -0.05) is 12.1 Å². The van der Waals surface area contributed by atoms with Crippen LogP contribution in [0.4, 0.5) is 5.69 Å². The number of rotatable bonds is 4. The van der Waals surface area contributed by atoms with Gasteiger partial charge < -0.3 is 5.32 Å². The summed E-state index contributed by atoms with van der Waals surface area (Å²) in [7, 11) is -3.50. The van der Waals surface area contributed by atoms with Gasteiger partial charge in [-0.2, -0.15) is 4.31 Å². The second-order valence-corrected chi connectivity index (χ2v) is 9.54. The number of hydrogen-bond donors (Lipinski definition) is 1. The van der Waals surface area contributed by atoms with Gasteiger partial charge in [0.05, 0.1) is 5.92 Å². The first kappa shape index (κ1) is 18.1. The van der Waals surface area contributed by atoms with E-state index in [0.29, 0.717) is 23.6 Å². The van der Waals surface area contributed by atoms with Crippen molar-refractivity contribution in [1.82, 2.24) is 4.31 Å². The summed E-state index contributed by atoms with van der Waals surface area (Å²) in [4.78, 5) is 12.6. The first-order valence-corrected chi connectivity index (χ1v) is 10.6. The number of aryl methyl sites for hydroxylation is 2. The molecule has 2 heterocycles. The molecule has 134 valence electrons. The highest BCUT2D eigenvalue weighted by atomic mass is 32.2. The lowest BCUT2D eigenvalue weighted by atomic mass is 9.98. The third kappa shape index (κ3) is 3.94. The highest BCUT2D eigenvalue weighted by Gasteiger charge is 2.33. The lowest BCUT2D eigenvalue weighted by Crippen LogP contribution is -2.43. The van der Waals surface area contributed by atoms with Gasteiger partial charge in [-0.15, -0.1) is 11.3 Å². The highest BCUT2D eigenvalue weighted by molar-refractivity contribution is 7.91. The zero-order valence-corrected chi connectivity index (χ0v) is 16.0. The Labute approximate surface area is 152 Å². The molecule has 1 aromatic heterocycles. The summed E-state index contributed by atoms with van der Waals surface area (Å²) < 4.78 is 27.1. The maximum absolute atomic E-state index is 12.7. The summed E-state index contributed by atoms with van der Waals surface area (Å²) in [6.07, 6.45) is 1.39. The molecule has 1 aromatic carbocycles. The SMILES string of the molecule is Cc1ccc(NC(=O)[C@@H]2CCCN(S(=O)(=O)c3cccs3)C2)cc1C. The number of piperidine rings is 1. The third-order valence-corrected chi connectivity index (χ3v) is 7.86. The number of amides is 1. The van der Waals surface area contributed by atoms with E-state index in [2.05, 4.69) is 5.32 Å². The minimum absolute atomic E-state index is 0.116. The van der Waals surface area contributed by atoms with Crippen LogP contribution >= 0.6 is 11.3 Å². The fourth-order valence-electron chi connectivity index (χ4n) is 2.98. The van der Waals surface area contributed by atoms with E-state index in [4.69, 9.17) is 0 Å². The van der Waals surface area contributed by atoms with E-state index < -0.39 is 10.0 Å². The normalized spacial score (nSPS) is 18.9. The van der Waals surface area contributed by atoms with Gasteiger partial charge in [0.25, 0.3) is 10.0 Å². The van der Waals surface area contributed by atoms with Crippen LogP contribution in [0.25, 0.3) is 0 Å². The Morgan fingerprint density at radius 3 is 2.72 bits per heavy atom. The number of anilines is 1. The number of thiophene rings is 1. The maximum Gasteiger partial charge on any atom is 0.252 e. The topological polar surface area (TPSA) is 66.5 Å². The Hall–Kier alpha value is -1.70. The first-order chi connectivity index (χ1) is 11.9. The summed E-state index contributed by atoms with van der Waals surface area (Å²) in [5, 5.41) is 4.68. The lowest BCUT2D eigenvalue weighted by Gasteiger charge is -2.30. The Morgan fingerprint density at radius 1 is 1.24 bits per heavy atom. The van der Waals surface area contributed by atoms with E-state index in [1.807, 2.05) is 32.0 Å². The number of carbonyl (C=O) groups excluding carboxylic acids is 1. The van der Waals surface area contributed by atoms with Crippen LogP contribution in [0.1, 0.15) is 24.0 Å². The summed E-state index contributed by atoms with van der Waals surface area (Å²) >= 11 is 1.21. The van der Waals surface area contributed by atoms with Crippen LogP contribution in [-0.2, 0) is 14.8 Å². The van der Waals surface area contributed by atoms with Crippen molar-refractivity contribution in [3.8, 4) is 0 Å². The van der Waals surface area contributed by atoms with Crippen molar-refractivity contribution >= 4 is 33.0 Å². The Morgan fingerprint density at radius 2 is 2.04 bits per heavy atom. The number of sulfonamides is 1. The molecule has 25 heavy (non-hydrogen) atoms. The number of nitrogens with zero attached hydrogens (tertiary/aromatic N) is 1. The van der Waals surface area contributed by atoms with Crippen LogP contribution in [0.5, 0.6) is 0 Å². The molecule has 0 radical (unpaired) electrons. The van der Waals surface area contributed by atoms with Crippen molar-refractivity contribution in [3.63, 3.8) is 0 Å². The Balaban J connectivity index is 1.70. The average Bonchev–Trinajstić information content (AvgIpc) is 3.14. The van der Waals surface area contributed by atoms with Gasteiger partial charge in [-0.3, -0.25) is 4.79 Å². The molecule has 0 spiro atoms.